The van der Waals surface area contributed by atoms with Crippen molar-refractivity contribution in [2.24, 2.45) is 0 Å². The molecular weight excluding hydrogens is 263 g/mol. The summed E-state index contributed by atoms with van der Waals surface area (Å²) in [5.41, 5.74) is 0.154. The van der Waals surface area contributed by atoms with Crippen molar-refractivity contribution in [2.45, 2.75) is 0 Å². The van der Waals surface area contributed by atoms with Gasteiger partial charge in [-0.15, -0.1) is 0 Å². The van der Waals surface area contributed by atoms with Crippen LogP contribution in [-0.4, -0.2) is 4.98 Å². The van der Waals surface area contributed by atoms with Crippen LogP contribution in [-0.2, 0) is 0 Å². The van der Waals surface area contributed by atoms with E-state index in [0.717, 1.165) is 6.20 Å². The molecule has 0 aliphatic carbocycles. The third-order valence-corrected chi connectivity index (χ3v) is 1.61. The Kier molecular flexibility index (Phi) is 2.92. The predicted molar refractivity (Wildman–Crippen MR) is 47.3 cm³/mol. The van der Waals surface area contributed by atoms with E-state index < -0.39 is 11.6 Å². The van der Waals surface area contributed by atoms with Gasteiger partial charge in [-0.25, -0.2) is 8.78 Å². The van der Waals surface area contributed by atoms with Crippen LogP contribution in [0.5, 0.6) is 0 Å². The van der Waals surface area contributed by atoms with Crippen LogP contribution in [0.4, 0.5) is 8.78 Å². The third-order valence-electron chi connectivity index (χ3n) is 1.07. The van der Waals surface area contributed by atoms with Gasteiger partial charge in [0.05, 0.1) is 11.9 Å². The lowest BCUT2D eigenvalue weighted by Crippen LogP contribution is -1.84. The summed E-state index contributed by atoms with van der Waals surface area (Å²) >= 11 is 1.75. The van der Waals surface area contributed by atoms with Crippen molar-refractivity contribution in [1.82, 2.24) is 4.98 Å². The zero-order chi connectivity index (χ0) is 8.27. The van der Waals surface area contributed by atoms with E-state index in [1.54, 1.807) is 22.6 Å². The van der Waals surface area contributed by atoms with Gasteiger partial charge in [0.25, 0.3) is 0 Å². The van der Waals surface area contributed by atoms with Crippen molar-refractivity contribution in [2.75, 3.05) is 0 Å². The predicted octanol–water partition coefficient (Wildman–Crippen LogP) is 2.92. The molecule has 11 heavy (non-hydrogen) atoms. The number of aromatic nitrogens is 1. The van der Waals surface area contributed by atoms with Crippen LogP contribution in [0.25, 0.3) is 5.83 Å². The molecule has 0 radical (unpaired) electrons. The Morgan fingerprint density at radius 3 is 2.73 bits per heavy atom. The maximum Gasteiger partial charge on any atom is 0.154 e. The van der Waals surface area contributed by atoms with Crippen LogP contribution in [0.2, 0.25) is 0 Å². The molecule has 0 aromatic carbocycles. The fraction of sp³-hybridized carbons (Fsp3) is 0. The van der Waals surface area contributed by atoms with E-state index in [4.69, 9.17) is 0 Å². The Hall–Kier alpha value is -0.520. The average Bonchev–Trinajstić information content (AvgIpc) is 2.05. The number of rotatable bonds is 1. The second-order valence-electron chi connectivity index (χ2n) is 1.82. The lowest BCUT2D eigenvalue weighted by atomic mass is 10.3. The Balaban J connectivity index is 2.99. The minimum absolute atomic E-state index is 0.154. The molecule has 4 heteroatoms. The van der Waals surface area contributed by atoms with Gasteiger partial charge in [-0.05, 0) is 34.7 Å². The van der Waals surface area contributed by atoms with Gasteiger partial charge >= 0.3 is 0 Å². The van der Waals surface area contributed by atoms with Gasteiger partial charge < -0.3 is 0 Å². The number of halogens is 3. The molecule has 1 rings (SSSR count). The van der Waals surface area contributed by atoms with Crippen LogP contribution in [0.3, 0.4) is 0 Å². The van der Waals surface area contributed by atoms with Gasteiger partial charge in [-0.3, -0.25) is 4.98 Å². The van der Waals surface area contributed by atoms with E-state index in [1.807, 2.05) is 0 Å². The van der Waals surface area contributed by atoms with Crippen LogP contribution >= 0.6 is 22.6 Å². The van der Waals surface area contributed by atoms with E-state index in [-0.39, 0.29) is 5.69 Å². The molecule has 0 atom stereocenters. The topological polar surface area (TPSA) is 12.9 Å². The van der Waals surface area contributed by atoms with Crippen LogP contribution < -0.4 is 0 Å². The Morgan fingerprint density at radius 1 is 1.55 bits per heavy atom. The van der Waals surface area contributed by atoms with Crippen molar-refractivity contribution in [3.05, 3.63) is 33.9 Å². The quantitative estimate of drug-likeness (QED) is 0.713. The first-order valence-corrected chi connectivity index (χ1v) is 4.06. The fourth-order valence-electron chi connectivity index (χ4n) is 0.573. The molecule has 1 aromatic heterocycles. The minimum atomic E-state index is -0.463. The number of hydrogen-bond acceptors (Lipinski definition) is 1. The largest absolute Gasteiger partial charge is 0.251 e. The molecule has 0 saturated heterocycles. The highest BCUT2D eigenvalue weighted by molar-refractivity contribution is 14.1. The molecule has 0 unspecified atom stereocenters. The molecular formula is C7H4F2IN. The van der Waals surface area contributed by atoms with E-state index in [2.05, 4.69) is 4.98 Å². The fourth-order valence-corrected chi connectivity index (χ4v) is 0.892. The summed E-state index contributed by atoms with van der Waals surface area (Å²) in [5, 5.41) is 0. The number of hydrogen-bond donors (Lipinski definition) is 0. The molecule has 0 spiro atoms. The van der Waals surface area contributed by atoms with Crippen molar-refractivity contribution < 1.29 is 8.78 Å². The second kappa shape index (κ2) is 3.75. The van der Waals surface area contributed by atoms with Gasteiger partial charge in [0.1, 0.15) is 5.82 Å². The van der Waals surface area contributed by atoms with Gasteiger partial charge in [-0.2, -0.15) is 0 Å². The summed E-state index contributed by atoms with van der Waals surface area (Å²) in [6, 6.07) is 2.46. The summed E-state index contributed by atoms with van der Waals surface area (Å²) in [4.78, 5) is 3.53. The van der Waals surface area contributed by atoms with Crippen molar-refractivity contribution in [1.29, 1.82) is 0 Å². The Bertz CT molecular complexity index is 268. The first-order chi connectivity index (χ1) is 5.24. The van der Waals surface area contributed by atoms with Crippen LogP contribution in [0.15, 0.2) is 22.4 Å². The van der Waals surface area contributed by atoms with Crippen molar-refractivity contribution >= 4 is 28.4 Å². The highest BCUT2D eigenvalue weighted by Crippen LogP contribution is 2.14. The maximum absolute atomic E-state index is 12.7. The molecule has 0 fully saturated rings. The first-order valence-electron chi connectivity index (χ1n) is 2.82. The highest BCUT2D eigenvalue weighted by Gasteiger charge is 1.99. The molecule has 0 amide bonds. The summed E-state index contributed by atoms with van der Waals surface area (Å²) < 4.78 is 26.2. The molecule has 1 heterocycles. The van der Waals surface area contributed by atoms with Crippen LogP contribution in [0, 0.1) is 5.82 Å². The smallest absolute Gasteiger partial charge is 0.154 e. The lowest BCUT2D eigenvalue weighted by molar-refractivity contribution is 0.620. The monoisotopic (exact) mass is 267 g/mol. The standard InChI is InChI=1S/C7H4F2IN/c8-5-1-2-7(11-4-5)6(9)3-10/h1-4H/b6-3-. The van der Waals surface area contributed by atoms with Crippen molar-refractivity contribution in [3.63, 3.8) is 0 Å². The molecule has 0 bridgehead atoms. The summed E-state index contributed by atoms with van der Waals surface area (Å²) in [6.07, 6.45) is 0.981. The van der Waals surface area contributed by atoms with E-state index in [0.29, 0.717) is 0 Å². The van der Waals surface area contributed by atoms with Gasteiger partial charge in [0, 0.05) is 4.08 Å². The summed E-state index contributed by atoms with van der Waals surface area (Å²) in [6.45, 7) is 0. The zero-order valence-corrected chi connectivity index (χ0v) is 7.55. The van der Waals surface area contributed by atoms with Gasteiger partial charge in [0.15, 0.2) is 5.83 Å². The maximum atomic E-state index is 12.7. The summed E-state index contributed by atoms with van der Waals surface area (Å²) in [5.74, 6) is -0.916. The van der Waals surface area contributed by atoms with Crippen molar-refractivity contribution in [3.8, 4) is 0 Å². The molecule has 0 saturated carbocycles. The molecule has 0 aliphatic rings. The normalized spacial score (nSPS) is 11.7. The zero-order valence-electron chi connectivity index (χ0n) is 5.39. The SMILES string of the molecule is F/C(=C\I)c1ccc(F)cn1. The number of pyridine rings is 1. The molecule has 1 nitrogen and oxygen atoms in total. The molecule has 0 aliphatic heterocycles. The van der Waals surface area contributed by atoms with E-state index in [9.17, 15) is 8.78 Å². The van der Waals surface area contributed by atoms with E-state index >= 15 is 0 Å². The van der Waals surface area contributed by atoms with E-state index in [1.165, 1.54) is 16.2 Å². The molecule has 58 valence electrons. The third kappa shape index (κ3) is 2.21. The summed E-state index contributed by atoms with van der Waals surface area (Å²) in [7, 11) is 0. The van der Waals surface area contributed by atoms with Crippen LogP contribution in [0.1, 0.15) is 5.69 Å². The van der Waals surface area contributed by atoms with Gasteiger partial charge in [-0.1, -0.05) is 0 Å². The second-order valence-corrected chi connectivity index (χ2v) is 2.44. The minimum Gasteiger partial charge on any atom is -0.251 e. The Labute approximate surface area is 76.3 Å². The first kappa shape index (κ1) is 8.58. The molecule has 0 N–H and O–H groups in total. The molecule has 1 aromatic rings. The lowest BCUT2D eigenvalue weighted by Gasteiger charge is -1.93. The Morgan fingerprint density at radius 2 is 2.27 bits per heavy atom. The highest BCUT2D eigenvalue weighted by atomic mass is 127. The van der Waals surface area contributed by atoms with Gasteiger partial charge in [0.2, 0.25) is 0 Å². The average molecular weight is 267 g/mol. The number of nitrogens with zero attached hydrogens (tertiary/aromatic N) is 1.